The number of nitrogens with one attached hydrogen (secondary N) is 1. The highest BCUT2D eigenvalue weighted by atomic mass is 32.2. The van der Waals surface area contributed by atoms with Crippen LogP contribution in [-0.4, -0.2) is 31.9 Å². The number of carbonyl (C=O) groups excluding carboxylic acids is 1. The first-order chi connectivity index (χ1) is 12.5. The van der Waals surface area contributed by atoms with E-state index in [9.17, 15) is 18.0 Å². The van der Waals surface area contributed by atoms with E-state index < -0.39 is 6.61 Å². The van der Waals surface area contributed by atoms with Crippen molar-refractivity contribution in [2.75, 3.05) is 19.4 Å². The quantitative estimate of drug-likeness (QED) is 0.515. The minimum atomic E-state index is -2.97. The summed E-state index contributed by atoms with van der Waals surface area (Å²) in [6.07, 6.45) is 0.720. The Labute approximate surface area is 153 Å². The maximum absolute atomic E-state index is 12.8. The van der Waals surface area contributed by atoms with E-state index in [1.54, 1.807) is 23.9 Å². The van der Waals surface area contributed by atoms with Crippen LogP contribution in [0.15, 0.2) is 47.4 Å². The van der Waals surface area contributed by atoms with Crippen LogP contribution in [0.3, 0.4) is 0 Å². The summed E-state index contributed by atoms with van der Waals surface area (Å²) in [6, 6.07) is 10.2. The van der Waals surface area contributed by atoms with E-state index in [1.807, 2.05) is 0 Å². The first-order valence-corrected chi connectivity index (χ1v) is 8.77. The maximum Gasteiger partial charge on any atom is 0.387 e. The number of hydrogen-bond donors (Lipinski definition) is 1. The minimum absolute atomic E-state index is 0.0600. The van der Waals surface area contributed by atoms with Crippen LogP contribution in [0.25, 0.3) is 0 Å². The molecule has 0 spiro atoms. The average Bonchev–Trinajstić information content (AvgIpc) is 2.62. The average molecular weight is 385 g/mol. The molecule has 2 aromatic carbocycles. The minimum Gasteiger partial charge on any atom is -0.493 e. The number of benzene rings is 2. The number of carbonyl (C=O) groups is 1. The lowest BCUT2D eigenvalue weighted by Crippen LogP contribution is -2.24. The van der Waals surface area contributed by atoms with Gasteiger partial charge in [0.15, 0.2) is 11.5 Å². The second-order valence-electron chi connectivity index (χ2n) is 5.16. The molecule has 2 rings (SSSR count). The molecule has 0 saturated heterocycles. The highest BCUT2D eigenvalue weighted by Crippen LogP contribution is 2.29. The van der Waals surface area contributed by atoms with E-state index in [0.29, 0.717) is 6.54 Å². The Morgan fingerprint density at radius 2 is 1.88 bits per heavy atom. The molecule has 0 atom stereocenters. The van der Waals surface area contributed by atoms with Gasteiger partial charge < -0.3 is 14.8 Å². The molecule has 1 amide bonds. The summed E-state index contributed by atoms with van der Waals surface area (Å²) in [5, 5.41) is 2.75. The van der Waals surface area contributed by atoms with Crippen molar-refractivity contribution in [3.63, 3.8) is 0 Å². The van der Waals surface area contributed by atoms with Crippen LogP contribution in [0.5, 0.6) is 11.5 Å². The Bertz CT molecular complexity index is 726. The molecule has 0 unspecified atom stereocenters. The Hall–Kier alpha value is -2.35. The van der Waals surface area contributed by atoms with Crippen molar-refractivity contribution in [1.29, 1.82) is 0 Å². The lowest BCUT2D eigenvalue weighted by molar-refractivity contribution is -0.0512. The van der Waals surface area contributed by atoms with Crippen molar-refractivity contribution in [1.82, 2.24) is 5.32 Å². The van der Waals surface area contributed by atoms with E-state index in [4.69, 9.17) is 4.74 Å². The first kappa shape index (κ1) is 20.0. The fourth-order valence-corrected chi connectivity index (χ4v) is 2.95. The number of hydrogen-bond acceptors (Lipinski definition) is 4. The van der Waals surface area contributed by atoms with Gasteiger partial charge in [-0.25, -0.2) is 4.39 Å². The van der Waals surface area contributed by atoms with Gasteiger partial charge in [-0.1, -0.05) is 0 Å². The summed E-state index contributed by atoms with van der Waals surface area (Å²) in [4.78, 5) is 13.1. The zero-order valence-corrected chi connectivity index (χ0v) is 14.8. The van der Waals surface area contributed by atoms with E-state index >= 15 is 0 Å². The maximum atomic E-state index is 12.8. The third-order valence-electron chi connectivity index (χ3n) is 3.33. The van der Waals surface area contributed by atoms with Crippen molar-refractivity contribution in [2.24, 2.45) is 0 Å². The summed E-state index contributed by atoms with van der Waals surface area (Å²) in [6.45, 7) is -2.52. The Morgan fingerprint density at radius 3 is 2.54 bits per heavy atom. The van der Waals surface area contributed by atoms with Crippen molar-refractivity contribution in [3.05, 3.63) is 53.8 Å². The van der Waals surface area contributed by atoms with Gasteiger partial charge in [0.25, 0.3) is 5.91 Å². The lowest BCUT2D eigenvalue weighted by atomic mass is 10.2. The highest BCUT2D eigenvalue weighted by Gasteiger charge is 2.14. The number of alkyl halides is 2. The molecule has 140 valence electrons. The van der Waals surface area contributed by atoms with Crippen LogP contribution in [-0.2, 0) is 0 Å². The number of rotatable bonds is 9. The van der Waals surface area contributed by atoms with Gasteiger partial charge in [-0.05, 0) is 54.6 Å². The van der Waals surface area contributed by atoms with Crippen LogP contribution in [0, 0.1) is 5.82 Å². The molecular formula is C18H18F3NO3S. The predicted molar refractivity (Wildman–Crippen MR) is 93.7 cm³/mol. The number of thioether (sulfide) groups is 1. The molecule has 8 heteroatoms. The van der Waals surface area contributed by atoms with E-state index in [2.05, 4.69) is 10.1 Å². The smallest absolute Gasteiger partial charge is 0.387 e. The standard InChI is InChI=1S/C18H18F3NO3S/c1-24-16-11-12(3-8-15(16)25-18(20)21)17(23)22-9-2-10-26-14-6-4-13(19)5-7-14/h3-8,11,18H,2,9-10H2,1H3,(H,22,23). The summed E-state index contributed by atoms with van der Waals surface area (Å²) in [5.41, 5.74) is 0.287. The zero-order valence-electron chi connectivity index (χ0n) is 14.0. The van der Waals surface area contributed by atoms with Crippen molar-refractivity contribution >= 4 is 17.7 Å². The van der Waals surface area contributed by atoms with Crippen LogP contribution in [0.1, 0.15) is 16.8 Å². The summed E-state index contributed by atoms with van der Waals surface area (Å²) < 4.78 is 46.7. The molecular weight excluding hydrogens is 367 g/mol. The van der Waals surface area contributed by atoms with Gasteiger partial charge in [-0.3, -0.25) is 4.79 Å². The molecule has 0 aromatic heterocycles. The number of methoxy groups -OCH3 is 1. The van der Waals surface area contributed by atoms with Crippen molar-refractivity contribution in [2.45, 2.75) is 17.9 Å². The molecule has 0 fully saturated rings. The van der Waals surface area contributed by atoms with Gasteiger partial charge in [0.1, 0.15) is 5.82 Å². The van der Waals surface area contributed by atoms with Gasteiger partial charge in [-0.15, -0.1) is 11.8 Å². The van der Waals surface area contributed by atoms with Gasteiger partial charge in [0, 0.05) is 17.0 Å². The molecule has 0 aliphatic rings. The molecule has 4 nitrogen and oxygen atoms in total. The number of amides is 1. The fourth-order valence-electron chi connectivity index (χ4n) is 2.10. The Balaban J connectivity index is 1.79. The molecule has 0 aliphatic heterocycles. The van der Waals surface area contributed by atoms with Gasteiger partial charge in [-0.2, -0.15) is 8.78 Å². The first-order valence-electron chi connectivity index (χ1n) is 7.79. The van der Waals surface area contributed by atoms with Gasteiger partial charge in [0.2, 0.25) is 0 Å². The second kappa shape index (κ2) is 9.96. The van der Waals surface area contributed by atoms with Crippen LogP contribution in [0.4, 0.5) is 13.2 Å². The van der Waals surface area contributed by atoms with Gasteiger partial charge in [0.05, 0.1) is 7.11 Å². The van der Waals surface area contributed by atoms with E-state index in [-0.39, 0.29) is 28.8 Å². The van der Waals surface area contributed by atoms with Gasteiger partial charge >= 0.3 is 6.61 Å². The second-order valence-corrected chi connectivity index (χ2v) is 6.32. The summed E-state index contributed by atoms with van der Waals surface area (Å²) in [7, 11) is 1.31. The largest absolute Gasteiger partial charge is 0.493 e. The number of halogens is 3. The Morgan fingerprint density at radius 1 is 1.15 bits per heavy atom. The molecule has 0 radical (unpaired) electrons. The van der Waals surface area contributed by atoms with Crippen LogP contribution >= 0.6 is 11.8 Å². The molecule has 0 saturated carbocycles. The topological polar surface area (TPSA) is 47.6 Å². The van der Waals surface area contributed by atoms with Crippen LogP contribution in [0.2, 0.25) is 0 Å². The summed E-state index contributed by atoms with van der Waals surface area (Å²) in [5.74, 6) is 0.0800. The van der Waals surface area contributed by atoms with Crippen molar-refractivity contribution in [3.8, 4) is 11.5 Å². The van der Waals surface area contributed by atoms with Crippen molar-refractivity contribution < 1.29 is 27.4 Å². The fraction of sp³-hybridized carbons (Fsp3) is 0.278. The zero-order chi connectivity index (χ0) is 18.9. The molecule has 0 aliphatic carbocycles. The molecule has 1 N–H and O–H groups in total. The molecule has 2 aromatic rings. The third-order valence-corrected chi connectivity index (χ3v) is 4.43. The monoisotopic (exact) mass is 385 g/mol. The van der Waals surface area contributed by atoms with E-state index in [1.165, 1.54) is 37.4 Å². The molecule has 0 bridgehead atoms. The normalized spacial score (nSPS) is 10.7. The van der Waals surface area contributed by atoms with Crippen LogP contribution < -0.4 is 14.8 Å². The molecule has 0 heterocycles. The predicted octanol–water partition coefficient (Wildman–Crippen LogP) is 4.35. The highest BCUT2D eigenvalue weighted by molar-refractivity contribution is 7.99. The van der Waals surface area contributed by atoms with E-state index in [0.717, 1.165) is 17.1 Å². The lowest BCUT2D eigenvalue weighted by Gasteiger charge is -2.11. The summed E-state index contributed by atoms with van der Waals surface area (Å²) >= 11 is 1.56. The molecule has 26 heavy (non-hydrogen) atoms. The third kappa shape index (κ3) is 6.18. The Kier molecular flexibility index (Phi) is 7.65. The number of ether oxygens (including phenoxy) is 2. The SMILES string of the molecule is COc1cc(C(=O)NCCCSc2ccc(F)cc2)ccc1OC(F)F.